The molecular formula is C41H59N3O7. The lowest BCUT2D eigenvalue weighted by atomic mass is 9.88. The van der Waals surface area contributed by atoms with E-state index in [-0.39, 0.29) is 28.8 Å². The summed E-state index contributed by atoms with van der Waals surface area (Å²) in [4.78, 5) is 61.5. The van der Waals surface area contributed by atoms with Gasteiger partial charge in [0.05, 0.1) is 7.11 Å². The van der Waals surface area contributed by atoms with Gasteiger partial charge >= 0.3 is 11.9 Å². The number of methoxy groups -OCH3 is 1. The Morgan fingerprint density at radius 3 is 1.51 bits per heavy atom. The fraction of sp³-hybridized carbons (Fsp3) is 0.683. The number of rotatable bonds is 8. The third-order valence-electron chi connectivity index (χ3n) is 11.6. The van der Waals surface area contributed by atoms with Crippen LogP contribution in [0.4, 0.5) is 0 Å². The van der Waals surface area contributed by atoms with E-state index >= 15 is 0 Å². The summed E-state index contributed by atoms with van der Waals surface area (Å²) in [6, 6.07) is 3.43. The molecule has 2 N–H and O–H groups in total. The van der Waals surface area contributed by atoms with Crippen molar-refractivity contribution in [3.8, 4) is 0 Å². The Hall–Kier alpha value is -3.69. The Morgan fingerprint density at radius 2 is 1.06 bits per heavy atom. The fourth-order valence-electron chi connectivity index (χ4n) is 8.75. The molecule has 10 nitrogen and oxygen atoms in total. The van der Waals surface area contributed by atoms with Gasteiger partial charge in [-0.2, -0.15) is 0 Å². The van der Waals surface area contributed by atoms with Gasteiger partial charge in [0.15, 0.2) is 0 Å². The van der Waals surface area contributed by atoms with Crippen LogP contribution >= 0.6 is 0 Å². The van der Waals surface area contributed by atoms with Gasteiger partial charge in [0.25, 0.3) is 17.0 Å². The van der Waals surface area contributed by atoms with E-state index in [9.17, 15) is 29.1 Å². The number of carbonyl (C=O) groups is 3. The van der Waals surface area contributed by atoms with Crippen molar-refractivity contribution in [3.05, 3.63) is 66.5 Å². The number of hydrogen-bond donors (Lipinski definition) is 2. The number of aromatic carboxylic acids is 1. The molecule has 2 aromatic heterocycles. The van der Waals surface area contributed by atoms with E-state index in [0.29, 0.717) is 24.9 Å². The molecule has 51 heavy (non-hydrogen) atoms. The number of hydrogen-bond acceptors (Lipinski definition) is 6. The zero-order valence-corrected chi connectivity index (χ0v) is 30.8. The van der Waals surface area contributed by atoms with Crippen molar-refractivity contribution < 1.29 is 24.2 Å². The summed E-state index contributed by atoms with van der Waals surface area (Å²) in [5.74, 6) is -1.06. The SMILES string of the molecule is COC(=O)CNC(=O)c1cc2c(n(CC3CCCCC3)c1=O)CCCCCC2.O=C(O)c1cc2c(n(CC3CCCCC3)c1=O)CCCCCC2. The predicted molar refractivity (Wildman–Crippen MR) is 198 cm³/mol. The van der Waals surface area contributed by atoms with Crippen molar-refractivity contribution in [1.29, 1.82) is 0 Å². The first-order valence-corrected chi connectivity index (χ1v) is 19.9. The van der Waals surface area contributed by atoms with Crippen molar-refractivity contribution in [2.75, 3.05) is 13.7 Å². The minimum atomic E-state index is -1.09. The third-order valence-corrected chi connectivity index (χ3v) is 11.6. The molecule has 2 heterocycles. The molecule has 4 aliphatic rings. The van der Waals surface area contributed by atoms with Crippen LogP contribution in [0.2, 0.25) is 0 Å². The number of pyridine rings is 2. The van der Waals surface area contributed by atoms with E-state index in [1.54, 1.807) is 12.1 Å². The van der Waals surface area contributed by atoms with Crippen molar-refractivity contribution in [1.82, 2.24) is 14.5 Å². The number of carboxylic acids is 1. The highest BCUT2D eigenvalue weighted by Crippen LogP contribution is 2.29. The van der Waals surface area contributed by atoms with Crippen LogP contribution in [0.25, 0.3) is 0 Å². The second-order valence-corrected chi connectivity index (χ2v) is 15.3. The van der Waals surface area contributed by atoms with Crippen LogP contribution in [-0.2, 0) is 48.3 Å². The number of ether oxygens (including phenoxy) is 1. The highest BCUT2D eigenvalue weighted by Gasteiger charge is 2.25. The number of nitrogens with zero attached hydrogens (tertiary/aromatic N) is 2. The second-order valence-electron chi connectivity index (χ2n) is 15.3. The highest BCUT2D eigenvalue weighted by molar-refractivity contribution is 5.95. The average Bonchev–Trinajstić information content (AvgIpc) is 3.11. The van der Waals surface area contributed by atoms with Crippen LogP contribution in [0.3, 0.4) is 0 Å². The molecule has 0 aliphatic heterocycles. The summed E-state index contributed by atoms with van der Waals surface area (Å²) in [5.41, 5.74) is 4.06. The lowest BCUT2D eigenvalue weighted by Crippen LogP contribution is -2.38. The molecule has 6 rings (SSSR count). The van der Waals surface area contributed by atoms with Crippen LogP contribution in [0.15, 0.2) is 21.7 Å². The Labute approximate surface area is 302 Å². The molecule has 2 fully saturated rings. The van der Waals surface area contributed by atoms with Crippen LogP contribution < -0.4 is 16.4 Å². The molecule has 1 amide bonds. The van der Waals surface area contributed by atoms with Gasteiger partial charge in [-0.25, -0.2) is 4.79 Å². The zero-order chi connectivity index (χ0) is 36.2. The molecule has 2 aromatic rings. The number of carbonyl (C=O) groups excluding carboxylic acids is 2. The molecule has 0 unspecified atom stereocenters. The first-order valence-electron chi connectivity index (χ1n) is 19.9. The quantitative estimate of drug-likeness (QED) is 0.289. The van der Waals surface area contributed by atoms with Gasteiger partial charge in [-0.15, -0.1) is 0 Å². The van der Waals surface area contributed by atoms with Crippen molar-refractivity contribution >= 4 is 17.8 Å². The molecule has 4 aliphatic carbocycles. The summed E-state index contributed by atoms with van der Waals surface area (Å²) in [6.45, 7) is 1.19. The maximum Gasteiger partial charge on any atom is 0.341 e. The van der Waals surface area contributed by atoms with Gasteiger partial charge < -0.3 is 24.3 Å². The number of aryl methyl sites for hydroxylation is 2. The molecule has 0 radical (unpaired) electrons. The van der Waals surface area contributed by atoms with Gasteiger partial charge in [0.2, 0.25) is 0 Å². The van der Waals surface area contributed by atoms with E-state index < -0.39 is 17.8 Å². The fourth-order valence-corrected chi connectivity index (χ4v) is 8.75. The smallest absolute Gasteiger partial charge is 0.341 e. The van der Waals surface area contributed by atoms with E-state index in [4.69, 9.17) is 0 Å². The molecule has 2 saturated carbocycles. The number of carboxylic acid groups (broad SMARTS) is 1. The number of nitrogens with one attached hydrogen (secondary N) is 1. The van der Waals surface area contributed by atoms with Crippen LogP contribution in [-0.4, -0.2) is 45.7 Å². The number of esters is 1. The second kappa shape index (κ2) is 19.2. The summed E-state index contributed by atoms with van der Waals surface area (Å²) in [5, 5.41) is 11.9. The summed E-state index contributed by atoms with van der Waals surface area (Å²) >= 11 is 0. The van der Waals surface area contributed by atoms with Crippen LogP contribution in [0.1, 0.15) is 159 Å². The van der Waals surface area contributed by atoms with Crippen LogP contribution in [0.5, 0.6) is 0 Å². The maximum absolute atomic E-state index is 13.3. The summed E-state index contributed by atoms with van der Waals surface area (Å²) in [7, 11) is 1.27. The monoisotopic (exact) mass is 705 g/mol. The van der Waals surface area contributed by atoms with E-state index in [1.165, 1.54) is 84.2 Å². The molecular weight excluding hydrogens is 646 g/mol. The number of aromatic nitrogens is 2. The summed E-state index contributed by atoms with van der Waals surface area (Å²) in [6.07, 6.45) is 24.9. The Bertz CT molecular complexity index is 1630. The minimum Gasteiger partial charge on any atom is -0.477 e. The lowest BCUT2D eigenvalue weighted by molar-refractivity contribution is -0.139. The Morgan fingerprint density at radius 1 is 0.647 bits per heavy atom. The van der Waals surface area contributed by atoms with Crippen molar-refractivity contribution in [3.63, 3.8) is 0 Å². The Balaban J connectivity index is 0.000000201. The minimum absolute atomic E-state index is 0.0415. The topological polar surface area (TPSA) is 137 Å². The normalized spacial score (nSPS) is 18.7. The van der Waals surface area contributed by atoms with Crippen LogP contribution in [0, 0.1) is 11.8 Å². The molecule has 0 bridgehead atoms. The largest absolute Gasteiger partial charge is 0.477 e. The van der Waals surface area contributed by atoms with Crippen molar-refractivity contribution in [2.45, 2.75) is 154 Å². The average molecular weight is 706 g/mol. The third kappa shape index (κ3) is 10.4. The Kier molecular flexibility index (Phi) is 14.5. The van der Waals surface area contributed by atoms with Gasteiger partial charge in [0, 0.05) is 24.5 Å². The number of fused-ring (bicyclic) bond motifs is 2. The van der Waals surface area contributed by atoms with Gasteiger partial charge in [0.1, 0.15) is 17.7 Å². The molecule has 0 saturated heterocycles. The maximum atomic E-state index is 13.3. The van der Waals surface area contributed by atoms with Gasteiger partial charge in [-0.3, -0.25) is 19.2 Å². The highest BCUT2D eigenvalue weighted by atomic mass is 16.5. The standard InChI is InChI=1S/C22H32N2O4.C19H27NO3/c1-28-20(25)14-23-21(26)18-13-17-11-7-2-3-8-12-19(17)24(22(18)27)15-16-9-5-4-6-10-16;21-18-16(19(22)23)12-15-10-6-1-2-7-11-17(15)20(18)13-14-8-4-3-5-9-14/h13,16H,2-12,14-15H2,1H3,(H,23,26);12,14H,1-11,13H2,(H,22,23). The zero-order valence-electron chi connectivity index (χ0n) is 30.8. The summed E-state index contributed by atoms with van der Waals surface area (Å²) < 4.78 is 8.30. The lowest BCUT2D eigenvalue weighted by Gasteiger charge is -2.26. The first-order chi connectivity index (χ1) is 24.8. The molecule has 0 spiro atoms. The molecule has 0 aromatic carbocycles. The van der Waals surface area contributed by atoms with Crippen molar-refractivity contribution in [2.24, 2.45) is 11.8 Å². The van der Waals surface area contributed by atoms with E-state index in [0.717, 1.165) is 86.7 Å². The predicted octanol–water partition coefficient (Wildman–Crippen LogP) is 6.78. The molecule has 0 atom stereocenters. The van der Waals surface area contributed by atoms with E-state index in [2.05, 4.69) is 10.1 Å². The van der Waals surface area contributed by atoms with Gasteiger partial charge in [-0.05, 0) is 112 Å². The number of amides is 1. The van der Waals surface area contributed by atoms with Gasteiger partial charge in [-0.1, -0.05) is 64.2 Å². The molecule has 280 valence electrons. The molecule has 10 heteroatoms. The first kappa shape index (κ1) is 38.5. The van der Waals surface area contributed by atoms with E-state index in [1.807, 2.05) is 9.13 Å².